The third-order valence-electron chi connectivity index (χ3n) is 2.83. The first-order valence-electron chi connectivity index (χ1n) is 6.01. The first kappa shape index (κ1) is 13.8. The summed E-state index contributed by atoms with van der Waals surface area (Å²) in [5, 5.41) is 19.5. The van der Waals surface area contributed by atoms with Crippen LogP contribution < -0.4 is 0 Å². The molecule has 0 aromatic carbocycles. The summed E-state index contributed by atoms with van der Waals surface area (Å²) in [6, 6.07) is 0. The molecule has 0 radical (unpaired) electrons. The number of hydrogen-bond acceptors (Lipinski definition) is 6. The number of aromatic nitrogens is 4. The second-order valence-electron chi connectivity index (χ2n) is 4.31. The first-order chi connectivity index (χ1) is 9.08. The van der Waals surface area contributed by atoms with E-state index in [2.05, 4.69) is 15.5 Å². The standard InChI is InChI=1S/C10H15N5O3S/c1-7(9(18)14-4-2-3-5-14)19-10-11-12-13-15(10)6-8(16)17/h7H,2-6H2,1H3,(H,16,17). The van der Waals surface area contributed by atoms with Gasteiger partial charge in [0, 0.05) is 13.1 Å². The van der Waals surface area contributed by atoms with Crippen molar-refractivity contribution >= 4 is 23.6 Å². The van der Waals surface area contributed by atoms with Crippen LogP contribution >= 0.6 is 11.8 Å². The van der Waals surface area contributed by atoms with Gasteiger partial charge in [-0.25, -0.2) is 4.68 Å². The number of hydrogen-bond donors (Lipinski definition) is 1. The third-order valence-corrected chi connectivity index (χ3v) is 3.89. The van der Waals surface area contributed by atoms with Gasteiger partial charge in [-0.1, -0.05) is 11.8 Å². The molecule has 9 heteroatoms. The molecule has 2 rings (SSSR count). The number of carbonyl (C=O) groups excluding carboxylic acids is 1. The zero-order chi connectivity index (χ0) is 13.8. The second-order valence-corrected chi connectivity index (χ2v) is 5.61. The van der Waals surface area contributed by atoms with Crippen LogP contribution in [0.15, 0.2) is 5.16 Å². The van der Waals surface area contributed by atoms with Crippen molar-refractivity contribution in [1.82, 2.24) is 25.1 Å². The van der Waals surface area contributed by atoms with Gasteiger partial charge in [0.2, 0.25) is 11.1 Å². The number of carboxylic acids is 1. The molecule has 1 N–H and O–H groups in total. The highest BCUT2D eigenvalue weighted by Crippen LogP contribution is 2.23. The molecule has 104 valence electrons. The van der Waals surface area contributed by atoms with Crippen LogP contribution in [0, 0.1) is 0 Å². The van der Waals surface area contributed by atoms with Gasteiger partial charge in [-0.3, -0.25) is 9.59 Å². The predicted molar refractivity (Wildman–Crippen MR) is 66.6 cm³/mol. The molecule has 2 heterocycles. The number of nitrogens with zero attached hydrogens (tertiary/aromatic N) is 5. The van der Waals surface area contributed by atoms with Gasteiger partial charge in [-0.15, -0.1) is 5.10 Å². The maximum atomic E-state index is 12.1. The average Bonchev–Trinajstić information content (AvgIpc) is 2.99. The number of likely N-dealkylation sites (tertiary alicyclic amines) is 1. The molecule has 1 atom stereocenters. The Labute approximate surface area is 114 Å². The van der Waals surface area contributed by atoms with Crippen molar-refractivity contribution in [3.8, 4) is 0 Å². The van der Waals surface area contributed by atoms with Crippen LogP contribution in [-0.4, -0.2) is 60.4 Å². The number of carboxylic acid groups (broad SMARTS) is 1. The molecule has 1 fully saturated rings. The molecule has 19 heavy (non-hydrogen) atoms. The van der Waals surface area contributed by atoms with Crippen molar-refractivity contribution in [2.75, 3.05) is 13.1 Å². The Bertz CT molecular complexity index is 471. The lowest BCUT2D eigenvalue weighted by Crippen LogP contribution is -2.34. The van der Waals surface area contributed by atoms with Gasteiger partial charge in [0.05, 0.1) is 5.25 Å². The number of thioether (sulfide) groups is 1. The minimum Gasteiger partial charge on any atom is -0.480 e. The Balaban J connectivity index is 1.98. The number of carbonyl (C=O) groups is 2. The highest BCUT2D eigenvalue weighted by atomic mass is 32.2. The highest BCUT2D eigenvalue weighted by molar-refractivity contribution is 8.00. The summed E-state index contributed by atoms with van der Waals surface area (Å²) < 4.78 is 1.18. The Morgan fingerprint density at radius 2 is 2.11 bits per heavy atom. The summed E-state index contributed by atoms with van der Waals surface area (Å²) in [6.07, 6.45) is 2.08. The van der Waals surface area contributed by atoms with Crippen LogP contribution in [0.1, 0.15) is 19.8 Å². The van der Waals surface area contributed by atoms with Gasteiger partial charge in [0.15, 0.2) is 0 Å². The number of aliphatic carboxylic acids is 1. The molecule has 1 aliphatic rings. The van der Waals surface area contributed by atoms with E-state index in [9.17, 15) is 9.59 Å². The minimum atomic E-state index is -1.02. The molecule has 0 aliphatic carbocycles. The molecule has 0 spiro atoms. The SMILES string of the molecule is CC(Sc1nnnn1CC(=O)O)C(=O)N1CCCC1. The second kappa shape index (κ2) is 6.00. The molecule has 1 aliphatic heterocycles. The third kappa shape index (κ3) is 3.43. The fourth-order valence-corrected chi connectivity index (χ4v) is 2.78. The van der Waals surface area contributed by atoms with Gasteiger partial charge >= 0.3 is 5.97 Å². The summed E-state index contributed by atoms with van der Waals surface area (Å²) in [5.74, 6) is -0.972. The molecule has 1 saturated heterocycles. The van der Waals surface area contributed by atoms with Crippen LogP contribution in [0.3, 0.4) is 0 Å². The summed E-state index contributed by atoms with van der Waals surface area (Å²) in [7, 11) is 0. The number of rotatable bonds is 5. The minimum absolute atomic E-state index is 0.0485. The first-order valence-corrected chi connectivity index (χ1v) is 6.89. The monoisotopic (exact) mass is 285 g/mol. The van der Waals surface area contributed by atoms with E-state index in [0.29, 0.717) is 5.16 Å². The number of tetrazole rings is 1. The molecule has 1 unspecified atom stereocenters. The topological polar surface area (TPSA) is 101 Å². The zero-order valence-corrected chi connectivity index (χ0v) is 11.3. The van der Waals surface area contributed by atoms with Crippen LogP contribution in [0.2, 0.25) is 0 Å². The predicted octanol–water partition coefficient (Wildman–Crippen LogP) is -0.139. The lowest BCUT2D eigenvalue weighted by molar-refractivity contribution is -0.138. The molecule has 0 saturated carbocycles. The average molecular weight is 285 g/mol. The summed E-state index contributed by atoms with van der Waals surface area (Å²) in [5.41, 5.74) is 0. The molecule has 1 aromatic heterocycles. The van der Waals surface area contributed by atoms with Crippen molar-refractivity contribution in [3.05, 3.63) is 0 Å². The Morgan fingerprint density at radius 1 is 1.42 bits per heavy atom. The Kier molecular flexibility index (Phi) is 4.35. The van der Waals surface area contributed by atoms with E-state index in [1.54, 1.807) is 6.92 Å². The molecule has 8 nitrogen and oxygen atoms in total. The quantitative estimate of drug-likeness (QED) is 0.751. The van der Waals surface area contributed by atoms with Crippen molar-refractivity contribution in [1.29, 1.82) is 0 Å². The van der Waals surface area contributed by atoms with Crippen LogP contribution in [0.25, 0.3) is 0 Å². The summed E-state index contributed by atoms with van der Waals surface area (Å²) in [6.45, 7) is 3.07. The van der Waals surface area contributed by atoms with E-state index in [1.807, 2.05) is 4.90 Å². The smallest absolute Gasteiger partial charge is 0.325 e. The summed E-state index contributed by atoms with van der Waals surface area (Å²) >= 11 is 1.19. The Hall–Kier alpha value is -1.64. The van der Waals surface area contributed by atoms with Crippen molar-refractivity contribution in [2.45, 2.75) is 36.7 Å². The fraction of sp³-hybridized carbons (Fsp3) is 0.700. The van der Waals surface area contributed by atoms with Crippen LogP contribution in [0.4, 0.5) is 0 Å². The molecular formula is C10H15N5O3S. The maximum absolute atomic E-state index is 12.1. The highest BCUT2D eigenvalue weighted by Gasteiger charge is 2.25. The fourth-order valence-electron chi connectivity index (χ4n) is 1.91. The number of amides is 1. The molecule has 0 bridgehead atoms. The van der Waals surface area contributed by atoms with Gasteiger partial charge in [0.1, 0.15) is 6.54 Å². The van der Waals surface area contributed by atoms with Gasteiger partial charge in [0.25, 0.3) is 0 Å². The van der Waals surface area contributed by atoms with Gasteiger partial charge in [-0.2, -0.15) is 0 Å². The lowest BCUT2D eigenvalue weighted by Gasteiger charge is -2.19. The van der Waals surface area contributed by atoms with Crippen molar-refractivity contribution in [2.24, 2.45) is 0 Å². The van der Waals surface area contributed by atoms with E-state index in [1.165, 1.54) is 16.4 Å². The Morgan fingerprint density at radius 3 is 2.74 bits per heavy atom. The van der Waals surface area contributed by atoms with Crippen molar-refractivity contribution < 1.29 is 14.7 Å². The van der Waals surface area contributed by atoms with E-state index < -0.39 is 5.97 Å². The largest absolute Gasteiger partial charge is 0.480 e. The lowest BCUT2D eigenvalue weighted by atomic mass is 10.4. The van der Waals surface area contributed by atoms with Gasteiger partial charge in [-0.05, 0) is 30.2 Å². The van der Waals surface area contributed by atoms with E-state index in [4.69, 9.17) is 5.11 Å². The van der Waals surface area contributed by atoms with E-state index in [0.717, 1.165) is 25.9 Å². The van der Waals surface area contributed by atoms with Crippen molar-refractivity contribution in [3.63, 3.8) is 0 Å². The van der Waals surface area contributed by atoms with Crippen LogP contribution in [0.5, 0.6) is 0 Å². The zero-order valence-electron chi connectivity index (χ0n) is 10.5. The van der Waals surface area contributed by atoms with Crippen LogP contribution in [-0.2, 0) is 16.1 Å². The normalized spacial score (nSPS) is 16.6. The molecule has 1 aromatic rings. The molecular weight excluding hydrogens is 270 g/mol. The van der Waals surface area contributed by atoms with E-state index in [-0.39, 0.29) is 17.7 Å². The molecule has 1 amide bonds. The van der Waals surface area contributed by atoms with E-state index >= 15 is 0 Å². The maximum Gasteiger partial charge on any atom is 0.325 e. The summed E-state index contributed by atoms with van der Waals surface area (Å²) in [4.78, 5) is 24.6. The van der Waals surface area contributed by atoms with Gasteiger partial charge < -0.3 is 10.0 Å².